The van der Waals surface area contributed by atoms with Crippen LogP contribution in [0.1, 0.15) is 16.1 Å². The summed E-state index contributed by atoms with van der Waals surface area (Å²) in [5.41, 5.74) is 2.01. The number of amides is 2. The lowest BCUT2D eigenvalue weighted by molar-refractivity contribution is -0.909. The van der Waals surface area contributed by atoms with Gasteiger partial charge in [0.15, 0.2) is 0 Å². The fraction of sp³-hybridized carbons (Fsp3) is 0.316. The molecule has 2 amide bonds. The van der Waals surface area contributed by atoms with Gasteiger partial charge in [-0.2, -0.15) is 0 Å². The lowest BCUT2D eigenvalue weighted by atomic mass is 10.1. The number of thioether (sulfide) groups is 1. The molecule has 1 aromatic carbocycles. The van der Waals surface area contributed by atoms with Crippen LogP contribution in [0.3, 0.4) is 0 Å². The van der Waals surface area contributed by atoms with Crippen molar-refractivity contribution in [2.75, 3.05) is 31.6 Å². The summed E-state index contributed by atoms with van der Waals surface area (Å²) < 4.78 is 5.38. The van der Waals surface area contributed by atoms with Crippen molar-refractivity contribution < 1.29 is 19.2 Å². The van der Waals surface area contributed by atoms with Crippen molar-refractivity contribution in [2.45, 2.75) is 16.8 Å². The molecule has 1 saturated heterocycles. The SMILES string of the molecule is O=C(NCc1ccccn1)c1ccc2c(c1)NC(=O)C([NH+]1CCOCC1)S2. The van der Waals surface area contributed by atoms with Gasteiger partial charge in [0, 0.05) is 16.7 Å². The van der Waals surface area contributed by atoms with Crippen LogP contribution in [0.4, 0.5) is 5.69 Å². The van der Waals surface area contributed by atoms with Gasteiger partial charge in [0.2, 0.25) is 5.37 Å². The molecule has 0 bridgehead atoms. The first kappa shape index (κ1) is 18.0. The van der Waals surface area contributed by atoms with E-state index in [1.807, 2.05) is 24.3 Å². The Morgan fingerprint density at radius 1 is 1.30 bits per heavy atom. The summed E-state index contributed by atoms with van der Waals surface area (Å²) in [6, 6.07) is 11.0. The number of hydrogen-bond acceptors (Lipinski definition) is 5. The lowest BCUT2D eigenvalue weighted by Crippen LogP contribution is -3.18. The normalized spacial score (nSPS) is 19.9. The van der Waals surface area contributed by atoms with Crippen molar-refractivity contribution in [1.82, 2.24) is 10.3 Å². The highest BCUT2D eigenvalue weighted by atomic mass is 32.2. The van der Waals surface area contributed by atoms with Crippen LogP contribution >= 0.6 is 11.8 Å². The number of rotatable bonds is 4. The molecule has 2 aliphatic rings. The number of benzene rings is 1. The second-order valence-corrected chi connectivity index (χ2v) is 7.62. The van der Waals surface area contributed by atoms with Crippen LogP contribution < -0.4 is 15.5 Å². The number of anilines is 1. The number of nitrogens with one attached hydrogen (secondary N) is 3. The summed E-state index contributed by atoms with van der Waals surface area (Å²) in [7, 11) is 0. The molecule has 2 aliphatic heterocycles. The number of morpholine rings is 1. The van der Waals surface area contributed by atoms with Crippen molar-refractivity contribution in [3.05, 3.63) is 53.9 Å². The maximum absolute atomic E-state index is 12.5. The zero-order valence-electron chi connectivity index (χ0n) is 14.7. The molecule has 1 unspecified atom stereocenters. The van der Waals surface area contributed by atoms with Gasteiger partial charge in [-0.3, -0.25) is 14.6 Å². The second-order valence-electron chi connectivity index (χ2n) is 6.47. The average Bonchev–Trinajstić information content (AvgIpc) is 2.72. The number of quaternary nitrogens is 1. The van der Waals surface area contributed by atoms with Crippen LogP contribution in [0.2, 0.25) is 0 Å². The molecule has 3 heterocycles. The standard InChI is InChI=1S/C19H20N4O3S/c24-17(21-12-14-3-1-2-6-20-14)13-4-5-16-15(11-13)22-18(25)19(27-16)23-7-9-26-10-8-23/h1-6,11,19H,7-10,12H2,(H,21,24)(H,22,25)/p+1. The quantitative estimate of drug-likeness (QED) is 0.705. The molecule has 1 fully saturated rings. The minimum Gasteiger partial charge on any atom is -0.370 e. The Hall–Kier alpha value is -2.42. The van der Waals surface area contributed by atoms with Gasteiger partial charge in [0.1, 0.15) is 13.1 Å². The highest BCUT2D eigenvalue weighted by Crippen LogP contribution is 2.34. The highest BCUT2D eigenvalue weighted by molar-refractivity contribution is 8.00. The monoisotopic (exact) mass is 385 g/mol. The van der Waals surface area contributed by atoms with Gasteiger partial charge in [0.25, 0.3) is 11.8 Å². The third-order valence-corrected chi connectivity index (χ3v) is 6.04. The first-order valence-corrected chi connectivity index (χ1v) is 9.81. The Balaban J connectivity index is 1.44. The molecule has 8 heteroatoms. The van der Waals surface area contributed by atoms with Gasteiger partial charge in [-0.15, -0.1) is 0 Å². The molecule has 140 valence electrons. The lowest BCUT2D eigenvalue weighted by Gasteiger charge is -2.32. The van der Waals surface area contributed by atoms with Crippen molar-refractivity contribution >= 4 is 29.3 Å². The fourth-order valence-corrected chi connectivity index (χ4v) is 4.40. The van der Waals surface area contributed by atoms with Crippen molar-refractivity contribution in [2.24, 2.45) is 0 Å². The van der Waals surface area contributed by atoms with Crippen LogP contribution in [0.25, 0.3) is 0 Å². The molecule has 27 heavy (non-hydrogen) atoms. The largest absolute Gasteiger partial charge is 0.370 e. The number of carbonyl (C=O) groups excluding carboxylic acids is 2. The zero-order valence-corrected chi connectivity index (χ0v) is 15.6. The van der Waals surface area contributed by atoms with Crippen LogP contribution in [-0.2, 0) is 16.1 Å². The Kier molecular flexibility index (Phi) is 5.38. The van der Waals surface area contributed by atoms with Crippen molar-refractivity contribution in [1.29, 1.82) is 0 Å². The summed E-state index contributed by atoms with van der Waals surface area (Å²) in [6.45, 7) is 3.38. The highest BCUT2D eigenvalue weighted by Gasteiger charge is 2.36. The van der Waals surface area contributed by atoms with E-state index in [1.54, 1.807) is 30.1 Å². The van der Waals surface area contributed by atoms with Gasteiger partial charge < -0.3 is 20.3 Å². The minimum absolute atomic E-state index is 0.0181. The smallest absolute Gasteiger partial charge is 0.294 e. The van der Waals surface area contributed by atoms with E-state index in [0.29, 0.717) is 31.0 Å². The predicted molar refractivity (Wildman–Crippen MR) is 102 cm³/mol. The van der Waals surface area contributed by atoms with E-state index in [0.717, 1.165) is 23.7 Å². The molecule has 0 radical (unpaired) electrons. The number of carbonyl (C=O) groups is 2. The minimum atomic E-state index is -0.191. The molecule has 4 rings (SSSR count). The summed E-state index contributed by atoms with van der Waals surface area (Å²) in [4.78, 5) is 31.4. The van der Waals surface area contributed by atoms with Gasteiger partial charge in [0.05, 0.1) is 31.1 Å². The van der Waals surface area contributed by atoms with E-state index in [-0.39, 0.29) is 17.2 Å². The summed E-state index contributed by atoms with van der Waals surface area (Å²) >= 11 is 1.56. The topological polar surface area (TPSA) is 84.8 Å². The summed E-state index contributed by atoms with van der Waals surface area (Å²) in [5, 5.41) is 5.64. The number of pyridine rings is 1. The van der Waals surface area contributed by atoms with E-state index in [1.165, 1.54) is 4.90 Å². The van der Waals surface area contributed by atoms with Crippen LogP contribution in [-0.4, -0.2) is 48.5 Å². The third kappa shape index (κ3) is 4.13. The first-order valence-electron chi connectivity index (χ1n) is 8.93. The molecule has 0 saturated carbocycles. The number of fused-ring (bicyclic) bond motifs is 1. The number of ether oxygens (including phenoxy) is 1. The number of hydrogen-bond donors (Lipinski definition) is 3. The molecule has 3 N–H and O–H groups in total. The molecule has 7 nitrogen and oxygen atoms in total. The predicted octanol–water partition coefficient (Wildman–Crippen LogP) is 0.297. The second kappa shape index (κ2) is 8.08. The van der Waals surface area contributed by atoms with E-state index < -0.39 is 0 Å². The van der Waals surface area contributed by atoms with Crippen molar-refractivity contribution in [3.8, 4) is 0 Å². The van der Waals surface area contributed by atoms with E-state index in [2.05, 4.69) is 15.6 Å². The van der Waals surface area contributed by atoms with Crippen LogP contribution in [0.15, 0.2) is 47.5 Å². The van der Waals surface area contributed by atoms with Crippen LogP contribution in [0, 0.1) is 0 Å². The molecule has 0 spiro atoms. The van der Waals surface area contributed by atoms with Crippen LogP contribution in [0.5, 0.6) is 0 Å². The van der Waals surface area contributed by atoms with Gasteiger partial charge in [-0.25, -0.2) is 0 Å². The summed E-state index contributed by atoms with van der Waals surface area (Å²) in [6.07, 6.45) is 1.69. The molecule has 0 aliphatic carbocycles. The Morgan fingerprint density at radius 2 is 2.15 bits per heavy atom. The van der Waals surface area contributed by atoms with Gasteiger partial charge in [-0.1, -0.05) is 17.8 Å². The van der Waals surface area contributed by atoms with E-state index >= 15 is 0 Å². The molecule has 1 atom stereocenters. The Labute approximate surface area is 161 Å². The van der Waals surface area contributed by atoms with Gasteiger partial charge in [-0.05, 0) is 30.3 Å². The van der Waals surface area contributed by atoms with E-state index in [4.69, 9.17) is 4.74 Å². The maximum Gasteiger partial charge on any atom is 0.294 e. The maximum atomic E-state index is 12.5. The fourth-order valence-electron chi connectivity index (χ4n) is 3.19. The molecular formula is C19H21N4O3S+. The number of aromatic nitrogens is 1. The van der Waals surface area contributed by atoms with Gasteiger partial charge >= 0.3 is 0 Å². The Morgan fingerprint density at radius 3 is 2.93 bits per heavy atom. The third-order valence-electron chi connectivity index (χ3n) is 4.64. The van der Waals surface area contributed by atoms with E-state index in [9.17, 15) is 9.59 Å². The number of nitrogens with zero attached hydrogens (tertiary/aromatic N) is 1. The Bertz CT molecular complexity index is 840. The molecular weight excluding hydrogens is 364 g/mol. The first-order chi connectivity index (χ1) is 13.2. The van der Waals surface area contributed by atoms with Crippen molar-refractivity contribution in [3.63, 3.8) is 0 Å². The molecule has 2 aromatic rings. The summed E-state index contributed by atoms with van der Waals surface area (Å²) in [5.74, 6) is -0.209. The zero-order chi connectivity index (χ0) is 18.6. The molecule has 1 aromatic heterocycles. The average molecular weight is 385 g/mol.